The first-order chi connectivity index (χ1) is 6.18. The predicted molar refractivity (Wildman–Crippen MR) is 46.5 cm³/mol. The maximum atomic E-state index is 11.5. The molecule has 1 aromatic rings. The van der Waals surface area contributed by atoms with E-state index in [9.17, 15) is 4.79 Å². The number of aromatic nitrogens is 2. The van der Waals surface area contributed by atoms with Crippen LogP contribution in [0.1, 0.15) is 18.2 Å². The van der Waals surface area contributed by atoms with E-state index in [1.807, 2.05) is 0 Å². The van der Waals surface area contributed by atoms with E-state index < -0.39 is 6.04 Å². The largest absolute Gasteiger partial charge is 0.331 e. The van der Waals surface area contributed by atoms with E-state index in [2.05, 4.69) is 10.2 Å². The van der Waals surface area contributed by atoms with Crippen LogP contribution in [-0.2, 0) is 17.9 Å². The SMILES string of the molecule is C[C@@H](N)C(=O)N1Cc2cn[nH]c2C1. The average molecular weight is 180 g/mol. The number of fused-ring (bicyclic) bond motifs is 1. The Morgan fingerprint density at radius 1 is 1.77 bits per heavy atom. The van der Waals surface area contributed by atoms with Crippen LogP contribution in [0, 0.1) is 0 Å². The van der Waals surface area contributed by atoms with Crippen LogP contribution >= 0.6 is 0 Å². The van der Waals surface area contributed by atoms with Crippen molar-refractivity contribution in [2.24, 2.45) is 5.73 Å². The van der Waals surface area contributed by atoms with E-state index in [1.54, 1.807) is 18.0 Å². The fourth-order valence-electron chi connectivity index (χ4n) is 1.51. The molecule has 13 heavy (non-hydrogen) atoms. The summed E-state index contributed by atoms with van der Waals surface area (Å²) in [6.07, 6.45) is 1.75. The number of nitrogens with two attached hydrogens (primary N) is 1. The van der Waals surface area contributed by atoms with E-state index in [4.69, 9.17) is 5.73 Å². The zero-order valence-electron chi connectivity index (χ0n) is 7.45. The Morgan fingerprint density at radius 3 is 3.15 bits per heavy atom. The first kappa shape index (κ1) is 8.25. The highest BCUT2D eigenvalue weighted by molar-refractivity contribution is 5.81. The number of carbonyl (C=O) groups is 1. The quantitative estimate of drug-likeness (QED) is 0.617. The lowest BCUT2D eigenvalue weighted by atomic mass is 10.3. The molecule has 1 aliphatic heterocycles. The molecule has 0 unspecified atom stereocenters. The van der Waals surface area contributed by atoms with Gasteiger partial charge in [-0.1, -0.05) is 0 Å². The molecule has 1 amide bonds. The van der Waals surface area contributed by atoms with E-state index in [0.29, 0.717) is 13.1 Å². The Balaban J connectivity index is 2.10. The highest BCUT2D eigenvalue weighted by atomic mass is 16.2. The minimum absolute atomic E-state index is 0.00963. The standard InChI is InChI=1S/C8H12N4O/c1-5(9)8(13)12-3-6-2-10-11-7(6)4-12/h2,5H,3-4,9H2,1H3,(H,10,11)/t5-/m1/s1. The third kappa shape index (κ3) is 1.31. The van der Waals surface area contributed by atoms with Crippen LogP contribution in [0.25, 0.3) is 0 Å². The lowest BCUT2D eigenvalue weighted by Crippen LogP contribution is -2.39. The third-order valence-electron chi connectivity index (χ3n) is 2.22. The number of H-pyrrole nitrogens is 1. The van der Waals surface area contributed by atoms with Crippen molar-refractivity contribution in [1.29, 1.82) is 0 Å². The molecule has 5 nitrogen and oxygen atoms in total. The molecule has 0 aliphatic carbocycles. The number of amides is 1. The molecular weight excluding hydrogens is 168 g/mol. The molecule has 2 heterocycles. The monoisotopic (exact) mass is 180 g/mol. The number of hydrogen-bond donors (Lipinski definition) is 2. The van der Waals surface area contributed by atoms with Crippen LogP contribution < -0.4 is 5.73 Å². The minimum atomic E-state index is -0.419. The molecule has 0 radical (unpaired) electrons. The molecule has 1 atom stereocenters. The van der Waals surface area contributed by atoms with Crippen molar-refractivity contribution in [2.75, 3.05) is 0 Å². The second-order valence-electron chi connectivity index (χ2n) is 3.36. The van der Waals surface area contributed by atoms with Crippen molar-refractivity contribution in [3.63, 3.8) is 0 Å². The first-order valence-corrected chi connectivity index (χ1v) is 4.24. The molecule has 0 spiro atoms. The topological polar surface area (TPSA) is 75.0 Å². The number of nitrogens with one attached hydrogen (secondary N) is 1. The maximum Gasteiger partial charge on any atom is 0.239 e. The van der Waals surface area contributed by atoms with Crippen LogP contribution in [0.3, 0.4) is 0 Å². The fourth-order valence-corrected chi connectivity index (χ4v) is 1.51. The first-order valence-electron chi connectivity index (χ1n) is 4.24. The third-order valence-corrected chi connectivity index (χ3v) is 2.22. The zero-order chi connectivity index (χ0) is 9.42. The summed E-state index contributed by atoms with van der Waals surface area (Å²) in [7, 11) is 0. The van der Waals surface area contributed by atoms with Gasteiger partial charge in [-0.2, -0.15) is 5.10 Å². The van der Waals surface area contributed by atoms with E-state index >= 15 is 0 Å². The summed E-state index contributed by atoms with van der Waals surface area (Å²) in [5.74, 6) is -0.00963. The van der Waals surface area contributed by atoms with Crippen molar-refractivity contribution in [2.45, 2.75) is 26.1 Å². The van der Waals surface area contributed by atoms with E-state index in [1.165, 1.54) is 0 Å². The van der Waals surface area contributed by atoms with Gasteiger partial charge in [0.05, 0.1) is 24.5 Å². The molecule has 0 aromatic carbocycles. The van der Waals surface area contributed by atoms with Gasteiger partial charge in [0.15, 0.2) is 0 Å². The molecule has 0 fully saturated rings. The van der Waals surface area contributed by atoms with E-state index in [0.717, 1.165) is 11.3 Å². The summed E-state index contributed by atoms with van der Waals surface area (Å²) in [6.45, 7) is 2.94. The number of carbonyl (C=O) groups excluding carboxylic acids is 1. The van der Waals surface area contributed by atoms with Crippen LogP contribution in [0.4, 0.5) is 0 Å². The lowest BCUT2D eigenvalue weighted by molar-refractivity contribution is -0.132. The van der Waals surface area contributed by atoms with Gasteiger partial charge in [-0.25, -0.2) is 0 Å². The van der Waals surface area contributed by atoms with Crippen LogP contribution in [-0.4, -0.2) is 27.0 Å². The Morgan fingerprint density at radius 2 is 2.54 bits per heavy atom. The van der Waals surface area contributed by atoms with Crippen molar-refractivity contribution < 1.29 is 4.79 Å². The number of aromatic amines is 1. The second-order valence-corrected chi connectivity index (χ2v) is 3.36. The molecular formula is C8H12N4O. The van der Waals surface area contributed by atoms with Gasteiger partial charge in [0.2, 0.25) is 5.91 Å². The summed E-state index contributed by atoms with van der Waals surface area (Å²) in [4.78, 5) is 13.2. The molecule has 1 aromatic heterocycles. The highest BCUT2D eigenvalue weighted by Crippen LogP contribution is 2.19. The maximum absolute atomic E-state index is 11.5. The molecule has 0 bridgehead atoms. The van der Waals surface area contributed by atoms with Gasteiger partial charge < -0.3 is 10.6 Å². The Hall–Kier alpha value is -1.36. The number of rotatable bonds is 1. The Bertz CT molecular complexity index is 310. The Kier molecular flexibility index (Phi) is 1.81. The minimum Gasteiger partial charge on any atom is -0.331 e. The van der Waals surface area contributed by atoms with Crippen molar-refractivity contribution >= 4 is 5.91 Å². The number of hydrogen-bond acceptors (Lipinski definition) is 3. The van der Waals surface area contributed by atoms with Crippen LogP contribution in [0.15, 0.2) is 6.20 Å². The van der Waals surface area contributed by atoms with Gasteiger partial charge in [-0.15, -0.1) is 0 Å². The van der Waals surface area contributed by atoms with Crippen molar-refractivity contribution in [3.05, 3.63) is 17.5 Å². The molecule has 0 saturated carbocycles. The second kappa shape index (κ2) is 2.85. The fraction of sp³-hybridized carbons (Fsp3) is 0.500. The van der Waals surface area contributed by atoms with Crippen LogP contribution in [0.2, 0.25) is 0 Å². The highest BCUT2D eigenvalue weighted by Gasteiger charge is 2.26. The molecule has 1 aliphatic rings. The predicted octanol–water partition coefficient (Wildman–Crippen LogP) is -0.401. The van der Waals surface area contributed by atoms with Crippen LogP contribution in [0.5, 0.6) is 0 Å². The van der Waals surface area contributed by atoms with Gasteiger partial charge in [0.1, 0.15) is 0 Å². The lowest BCUT2D eigenvalue weighted by Gasteiger charge is -2.17. The molecule has 0 saturated heterocycles. The Labute approximate surface area is 75.9 Å². The molecule has 70 valence electrons. The zero-order valence-corrected chi connectivity index (χ0v) is 7.45. The number of nitrogens with zero attached hydrogens (tertiary/aromatic N) is 2. The van der Waals surface area contributed by atoms with Gasteiger partial charge in [-0.05, 0) is 6.92 Å². The summed E-state index contributed by atoms with van der Waals surface area (Å²) in [6, 6.07) is -0.419. The normalized spacial score (nSPS) is 17.2. The van der Waals surface area contributed by atoms with Gasteiger partial charge >= 0.3 is 0 Å². The van der Waals surface area contributed by atoms with Crippen molar-refractivity contribution in [3.8, 4) is 0 Å². The summed E-state index contributed by atoms with van der Waals surface area (Å²) in [5, 5.41) is 6.74. The average Bonchev–Trinajstić information content (AvgIpc) is 2.59. The summed E-state index contributed by atoms with van der Waals surface area (Å²) >= 11 is 0. The molecule has 5 heteroatoms. The smallest absolute Gasteiger partial charge is 0.239 e. The molecule has 2 rings (SSSR count). The molecule has 3 N–H and O–H groups in total. The van der Waals surface area contributed by atoms with Gasteiger partial charge in [0.25, 0.3) is 0 Å². The van der Waals surface area contributed by atoms with Gasteiger partial charge in [0, 0.05) is 12.1 Å². The summed E-state index contributed by atoms with van der Waals surface area (Å²) in [5.41, 5.74) is 7.62. The van der Waals surface area contributed by atoms with Crippen molar-refractivity contribution in [1.82, 2.24) is 15.1 Å². The van der Waals surface area contributed by atoms with Gasteiger partial charge in [-0.3, -0.25) is 9.89 Å². The summed E-state index contributed by atoms with van der Waals surface area (Å²) < 4.78 is 0. The van der Waals surface area contributed by atoms with E-state index in [-0.39, 0.29) is 5.91 Å².